The van der Waals surface area contributed by atoms with Gasteiger partial charge in [-0.3, -0.25) is 4.90 Å². The summed E-state index contributed by atoms with van der Waals surface area (Å²) >= 11 is 0. The molecule has 3 nitrogen and oxygen atoms in total. The Morgan fingerprint density at radius 2 is 1.59 bits per heavy atom. The first-order valence-corrected chi connectivity index (χ1v) is 7.41. The highest BCUT2D eigenvalue weighted by Gasteiger charge is 2.20. The molecule has 17 heavy (non-hydrogen) atoms. The zero-order valence-corrected chi connectivity index (χ0v) is 12.0. The number of hydrogen-bond acceptors (Lipinski definition) is 2. The van der Waals surface area contributed by atoms with E-state index in [1.54, 1.807) is 0 Å². The van der Waals surface area contributed by atoms with Crippen LogP contribution in [0.2, 0.25) is 0 Å². The smallest absolute Gasteiger partial charge is 0.0148 e. The molecule has 0 amide bonds. The lowest BCUT2D eigenvalue weighted by Crippen LogP contribution is -2.45. The van der Waals surface area contributed by atoms with Gasteiger partial charge in [-0.2, -0.15) is 0 Å². The van der Waals surface area contributed by atoms with Crippen molar-refractivity contribution in [2.75, 3.05) is 45.8 Å². The highest BCUT2D eigenvalue weighted by atomic mass is 15.2. The second-order valence-electron chi connectivity index (χ2n) is 4.96. The standard InChI is InChI=1S/C14H30N3/c1-4-11-17(13-12-16(5-2)6-3)14-7-9-15-10-8-14/h14H,4-13H2,1-3H3. The maximum atomic E-state index is 4.46. The van der Waals surface area contributed by atoms with E-state index in [2.05, 4.69) is 35.9 Å². The Morgan fingerprint density at radius 1 is 0.941 bits per heavy atom. The number of hydrogen-bond donors (Lipinski definition) is 0. The average molecular weight is 240 g/mol. The molecule has 0 atom stereocenters. The van der Waals surface area contributed by atoms with E-state index in [0.29, 0.717) is 0 Å². The van der Waals surface area contributed by atoms with Crippen molar-refractivity contribution in [1.29, 1.82) is 0 Å². The van der Waals surface area contributed by atoms with Gasteiger partial charge in [-0.25, -0.2) is 5.32 Å². The van der Waals surface area contributed by atoms with Gasteiger partial charge in [-0.1, -0.05) is 20.8 Å². The van der Waals surface area contributed by atoms with Crippen molar-refractivity contribution in [1.82, 2.24) is 15.1 Å². The van der Waals surface area contributed by atoms with Gasteiger partial charge in [0.05, 0.1) is 0 Å². The predicted octanol–water partition coefficient (Wildman–Crippen LogP) is 1.81. The van der Waals surface area contributed by atoms with Gasteiger partial charge < -0.3 is 4.90 Å². The maximum absolute atomic E-state index is 4.46. The minimum atomic E-state index is 0.794. The quantitative estimate of drug-likeness (QED) is 0.645. The van der Waals surface area contributed by atoms with E-state index in [9.17, 15) is 0 Å². The van der Waals surface area contributed by atoms with Gasteiger partial charge in [0, 0.05) is 32.2 Å². The van der Waals surface area contributed by atoms with E-state index < -0.39 is 0 Å². The number of likely N-dealkylation sites (N-methyl/N-ethyl adjacent to an activating group) is 1. The summed E-state index contributed by atoms with van der Waals surface area (Å²) in [5, 5.41) is 4.46. The van der Waals surface area contributed by atoms with Gasteiger partial charge in [0.25, 0.3) is 0 Å². The summed E-state index contributed by atoms with van der Waals surface area (Å²) in [6.45, 7) is 15.0. The summed E-state index contributed by atoms with van der Waals surface area (Å²) in [5.74, 6) is 0. The van der Waals surface area contributed by atoms with E-state index in [4.69, 9.17) is 0 Å². The summed E-state index contributed by atoms with van der Waals surface area (Å²) in [4.78, 5) is 5.23. The first-order valence-electron chi connectivity index (χ1n) is 7.41. The monoisotopic (exact) mass is 240 g/mol. The van der Waals surface area contributed by atoms with E-state index in [0.717, 1.165) is 19.1 Å². The maximum Gasteiger partial charge on any atom is 0.0148 e. The molecule has 1 aliphatic heterocycles. The van der Waals surface area contributed by atoms with Crippen LogP contribution in [0.25, 0.3) is 0 Å². The summed E-state index contributed by atoms with van der Waals surface area (Å²) < 4.78 is 0. The fraction of sp³-hybridized carbons (Fsp3) is 1.00. The molecule has 0 aliphatic carbocycles. The molecule has 3 heteroatoms. The molecule has 0 N–H and O–H groups in total. The van der Waals surface area contributed by atoms with Crippen LogP contribution >= 0.6 is 0 Å². The van der Waals surface area contributed by atoms with E-state index in [-0.39, 0.29) is 0 Å². The lowest BCUT2D eigenvalue weighted by atomic mass is 10.0. The Balaban J connectivity index is 2.35. The third-order valence-corrected chi connectivity index (χ3v) is 3.87. The Hall–Kier alpha value is -0.120. The fourth-order valence-corrected chi connectivity index (χ4v) is 2.68. The van der Waals surface area contributed by atoms with Crippen molar-refractivity contribution < 1.29 is 0 Å². The van der Waals surface area contributed by atoms with Crippen molar-refractivity contribution in [3.8, 4) is 0 Å². The molecule has 0 spiro atoms. The summed E-state index contributed by atoms with van der Waals surface area (Å²) in [7, 11) is 0. The largest absolute Gasteiger partial charge is 0.303 e. The van der Waals surface area contributed by atoms with Crippen LogP contribution < -0.4 is 5.32 Å². The summed E-state index contributed by atoms with van der Waals surface area (Å²) in [6.07, 6.45) is 3.82. The molecule has 0 aromatic rings. The van der Waals surface area contributed by atoms with Crippen molar-refractivity contribution in [2.24, 2.45) is 0 Å². The molecule has 1 rings (SSSR count). The van der Waals surface area contributed by atoms with Gasteiger partial charge >= 0.3 is 0 Å². The molecule has 0 unspecified atom stereocenters. The molecule has 0 aromatic carbocycles. The SMILES string of the molecule is CCCN(CCN(CC)CC)C1CC[N]CC1. The molecule has 0 bridgehead atoms. The molecule has 0 aromatic heterocycles. The first-order chi connectivity index (χ1) is 8.31. The Kier molecular flexibility index (Phi) is 7.82. The Bertz CT molecular complexity index is 174. The molecule has 0 saturated carbocycles. The number of piperidine rings is 1. The Labute approximate surface area is 108 Å². The van der Waals surface area contributed by atoms with Crippen LogP contribution in [-0.4, -0.2) is 61.7 Å². The zero-order chi connectivity index (χ0) is 12.5. The molecular weight excluding hydrogens is 210 g/mol. The van der Waals surface area contributed by atoms with Crippen LogP contribution in [0, 0.1) is 0 Å². The minimum absolute atomic E-state index is 0.794. The lowest BCUT2D eigenvalue weighted by Gasteiger charge is -2.35. The van der Waals surface area contributed by atoms with Gasteiger partial charge in [0.1, 0.15) is 0 Å². The first kappa shape index (κ1) is 14.9. The fourth-order valence-electron chi connectivity index (χ4n) is 2.68. The van der Waals surface area contributed by atoms with Crippen molar-refractivity contribution >= 4 is 0 Å². The molecule has 101 valence electrons. The second kappa shape index (κ2) is 8.90. The van der Waals surface area contributed by atoms with Gasteiger partial charge in [-0.05, 0) is 38.9 Å². The van der Waals surface area contributed by atoms with E-state index in [1.807, 2.05) is 0 Å². The lowest BCUT2D eigenvalue weighted by molar-refractivity contribution is 0.139. The molecule has 1 fully saturated rings. The third-order valence-electron chi connectivity index (χ3n) is 3.87. The molecular formula is C14H30N3. The summed E-state index contributed by atoms with van der Waals surface area (Å²) in [5.41, 5.74) is 0. The molecule has 1 heterocycles. The summed E-state index contributed by atoms with van der Waals surface area (Å²) in [6, 6.07) is 0.794. The van der Waals surface area contributed by atoms with Crippen LogP contribution in [-0.2, 0) is 0 Å². The topological polar surface area (TPSA) is 20.6 Å². The predicted molar refractivity (Wildman–Crippen MR) is 74.5 cm³/mol. The van der Waals surface area contributed by atoms with Gasteiger partial charge in [0.15, 0.2) is 0 Å². The number of nitrogens with zero attached hydrogens (tertiary/aromatic N) is 3. The van der Waals surface area contributed by atoms with Crippen molar-refractivity contribution in [2.45, 2.75) is 46.1 Å². The normalized spacial score (nSPS) is 18.2. The van der Waals surface area contributed by atoms with Crippen LogP contribution in [0.15, 0.2) is 0 Å². The van der Waals surface area contributed by atoms with Gasteiger partial charge in [0.2, 0.25) is 0 Å². The van der Waals surface area contributed by atoms with E-state index >= 15 is 0 Å². The molecule has 1 saturated heterocycles. The van der Waals surface area contributed by atoms with E-state index in [1.165, 1.54) is 52.0 Å². The number of rotatable bonds is 8. The zero-order valence-electron chi connectivity index (χ0n) is 12.0. The van der Waals surface area contributed by atoms with Crippen molar-refractivity contribution in [3.05, 3.63) is 0 Å². The molecule has 1 radical (unpaired) electrons. The third kappa shape index (κ3) is 5.36. The van der Waals surface area contributed by atoms with Gasteiger partial charge in [-0.15, -0.1) is 0 Å². The van der Waals surface area contributed by atoms with Crippen molar-refractivity contribution in [3.63, 3.8) is 0 Å². The van der Waals surface area contributed by atoms with Crippen LogP contribution in [0.1, 0.15) is 40.0 Å². The molecule has 1 aliphatic rings. The highest BCUT2D eigenvalue weighted by molar-refractivity contribution is 4.78. The second-order valence-corrected chi connectivity index (χ2v) is 4.96. The Morgan fingerprint density at radius 3 is 2.12 bits per heavy atom. The van der Waals surface area contributed by atoms with Crippen LogP contribution in [0.5, 0.6) is 0 Å². The van der Waals surface area contributed by atoms with Crippen LogP contribution in [0.4, 0.5) is 0 Å². The minimum Gasteiger partial charge on any atom is -0.303 e. The average Bonchev–Trinajstić information content (AvgIpc) is 2.39. The van der Waals surface area contributed by atoms with Crippen LogP contribution in [0.3, 0.4) is 0 Å². The highest BCUT2D eigenvalue weighted by Crippen LogP contribution is 2.12.